The summed E-state index contributed by atoms with van der Waals surface area (Å²) in [5.74, 6) is 2.48. The van der Waals surface area contributed by atoms with E-state index in [1.807, 2.05) is 6.92 Å². The number of rotatable bonds is 4. The molecule has 3 aromatic rings. The van der Waals surface area contributed by atoms with Gasteiger partial charge in [0.2, 0.25) is 4.80 Å². The first-order chi connectivity index (χ1) is 12.6. The Kier molecular flexibility index (Phi) is 4.99. The molecule has 3 rings (SSSR count). The van der Waals surface area contributed by atoms with Crippen LogP contribution in [0.25, 0.3) is 10.2 Å². The number of hydrogen-bond acceptors (Lipinski definition) is 5. The summed E-state index contributed by atoms with van der Waals surface area (Å²) >= 11 is 1.08. The van der Waals surface area contributed by atoms with Gasteiger partial charge in [0.05, 0.1) is 26.6 Å². The predicted octanol–water partition coefficient (Wildman–Crippen LogP) is 2.34. The van der Waals surface area contributed by atoms with E-state index in [1.165, 1.54) is 24.3 Å². The molecular weight excluding hydrogens is 404 g/mol. The minimum Gasteiger partial charge on any atom is -0.304 e. The lowest BCUT2D eigenvalue weighted by molar-refractivity contribution is 0.595. The monoisotopic (exact) mass is 420 g/mol. The molecule has 0 aliphatic carbocycles. The van der Waals surface area contributed by atoms with Gasteiger partial charge in [-0.05, 0) is 37.3 Å². The molecule has 140 valence electrons. The molecule has 0 bridgehead atoms. The summed E-state index contributed by atoms with van der Waals surface area (Å²) in [4.78, 5) is 0.417. The van der Waals surface area contributed by atoms with Crippen LogP contribution in [-0.4, -0.2) is 27.7 Å². The molecule has 0 aliphatic rings. The Hall–Kier alpha value is -2.41. The second kappa shape index (κ2) is 6.96. The normalized spacial score (nSPS) is 13.0. The highest BCUT2D eigenvalue weighted by atomic mass is 32.2. The predicted molar refractivity (Wildman–Crippen MR) is 106 cm³/mol. The number of thiazole rings is 1. The van der Waals surface area contributed by atoms with E-state index in [9.17, 15) is 16.8 Å². The maximum Gasteiger partial charge on any atom is 0.285 e. The van der Waals surface area contributed by atoms with E-state index in [4.69, 9.17) is 6.42 Å². The van der Waals surface area contributed by atoms with Crippen molar-refractivity contribution in [2.24, 2.45) is 4.40 Å². The van der Waals surface area contributed by atoms with E-state index in [2.05, 4.69) is 10.3 Å². The summed E-state index contributed by atoms with van der Waals surface area (Å²) in [6.07, 6.45) is 6.53. The third kappa shape index (κ3) is 3.98. The van der Waals surface area contributed by atoms with E-state index >= 15 is 0 Å². The molecule has 0 N–H and O–H groups in total. The Morgan fingerprint density at radius 3 is 2.30 bits per heavy atom. The molecule has 1 heterocycles. The summed E-state index contributed by atoms with van der Waals surface area (Å²) in [5.41, 5.74) is 1.56. The van der Waals surface area contributed by atoms with Crippen molar-refractivity contribution >= 4 is 41.4 Å². The fraction of sp³-hybridized carbons (Fsp3) is 0.167. The third-order valence-electron chi connectivity index (χ3n) is 3.85. The molecule has 0 saturated heterocycles. The van der Waals surface area contributed by atoms with Crippen LogP contribution in [0.5, 0.6) is 0 Å². The lowest BCUT2D eigenvalue weighted by Crippen LogP contribution is -2.16. The summed E-state index contributed by atoms with van der Waals surface area (Å²) in [6.45, 7) is 1.97. The smallest absolute Gasteiger partial charge is 0.285 e. The van der Waals surface area contributed by atoms with E-state index in [0.29, 0.717) is 10.2 Å². The molecular formula is C18H16N2O4S3. The Labute approximate surface area is 161 Å². The minimum absolute atomic E-state index is 0.0784. The van der Waals surface area contributed by atoms with Gasteiger partial charge in [-0.2, -0.15) is 8.42 Å². The van der Waals surface area contributed by atoms with Crippen molar-refractivity contribution in [3.8, 4) is 12.3 Å². The highest BCUT2D eigenvalue weighted by Crippen LogP contribution is 2.22. The first-order valence-electron chi connectivity index (χ1n) is 7.76. The lowest BCUT2D eigenvalue weighted by atomic mass is 10.2. The first-order valence-corrected chi connectivity index (χ1v) is 11.9. The molecule has 1 aromatic heterocycles. The Balaban J connectivity index is 2.26. The Morgan fingerprint density at radius 1 is 1.07 bits per heavy atom. The molecule has 0 radical (unpaired) electrons. The van der Waals surface area contributed by atoms with Gasteiger partial charge < -0.3 is 4.57 Å². The first kappa shape index (κ1) is 19.4. The molecule has 0 unspecified atom stereocenters. The Morgan fingerprint density at radius 2 is 1.70 bits per heavy atom. The van der Waals surface area contributed by atoms with E-state index in [-0.39, 0.29) is 21.1 Å². The molecule has 0 atom stereocenters. The van der Waals surface area contributed by atoms with Crippen molar-refractivity contribution in [3.05, 3.63) is 52.8 Å². The zero-order valence-corrected chi connectivity index (χ0v) is 17.0. The van der Waals surface area contributed by atoms with Crippen molar-refractivity contribution in [3.63, 3.8) is 0 Å². The fourth-order valence-electron chi connectivity index (χ4n) is 2.46. The van der Waals surface area contributed by atoms with E-state index in [0.717, 1.165) is 23.2 Å². The van der Waals surface area contributed by atoms with Gasteiger partial charge in [-0.3, -0.25) is 0 Å². The number of sulfonamides is 1. The molecule has 9 heteroatoms. The second-order valence-electron chi connectivity index (χ2n) is 5.96. The van der Waals surface area contributed by atoms with Crippen LogP contribution in [0.3, 0.4) is 0 Å². The van der Waals surface area contributed by atoms with Crippen molar-refractivity contribution in [2.75, 3.05) is 6.26 Å². The summed E-state index contributed by atoms with van der Waals surface area (Å²) < 4.78 is 55.0. The van der Waals surface area contributed by atoms with E-state index in [1.54, 1.807) is 22.8 Å². The van der Waals surface area contributed by atoms with Crippen molar-refractivity contribution in [2.45, 2.75) is 23.3 Å². The SMILES string of the molecule is C#CCn1c(=NS(=O)(=O)c2ccc(C)cc2)sc2cc(S(C)(=O)=O)ccc21. The average Bonchev–Trinajstić information content (AvgIpc) is 2.91. The number of nitrogens with zero attached hydrogens (tertiary/aromatic N) is 2. The molecule has 27 heavy (non-hydrogen) atoms. The fourth-order valence-corrected chi connectivity index (χ4v) is 5.46. The van der Waals surface area contributed by atoms with Gasteiger partial charge in [0, 0.05) is 6.26 Å². The average molecular weight is 421 g/mol. The van der Waals surface area contributed by atoms with Gasteiger partial charge in [0.1, 0.15) is 0 Å². The van der Waals surface area contributed by atoms with Crippen LogP contribution in [-0.2, 0) is 26.4 Å². The van der Waals surface area contributed by atoms with Crippen LogP contribution >= 0.6 is 11.3 Å². The maximum atomic E-state index is 12.7. The van der Waals surface area contributed by atoms with Crippen LogP contribution in [0.2, 0.25) is 0 Å². The third-order valence-corrected chi connectivity index (χ3v) is 7.40. The highest BCUT2D eigenvalue weighted by Gasteiger charge is 2.16. The van der Waals surface area contributed by atoms with Gasteiger partial charge in [-0.15, -0.1) is 10.8 Å². The number of aromatic nitrogens is 1. The van der Waals surface area contributed by atoms with Crippen LogP contribution in [0, 0.1) is 19.3 Å². The number of sulfone groups is 1. The van der Waals surface area contributed by atoms with Crippen molar-refractivity contribution in [1.29, 1.82) is 0 Å². The molecule has 0 aliphatic heterocycles. The zero-order chi connectivity index (χ0) is 19.8. The van der Waals surface area contributed by atoms with Crippen LogP contribution in [0.1, 0.15) is 5.56 Å². The van der Waals surface area contributed by atoms with Gasteiger partial charge in [0.25, 0.3) is 10.0 Å². The summed E-state index contributed by atoms with van der Waals surface area (Å²) in [5, 5.41) is 0. The number of fused-ring (bicyclic) bond motifs is 1. The lowest BCUT2D eigenvalue weighted by Gasteiger charge is -2.02. The highest BCUT2D eigenvalue weighted by molar-refractivity contribution is 7.90. The number of terminal acetylenes is 1. The summed E-state index contributed by atoms with van der Waals surface area (Å²) in [7, 11) is -7.31. The van der Waals surface area contributed by atoms with Crippen molar-refractivity contribution in [1.82, 2.24) is 4.57 Å². The standard InChI is InChI=1S/C18H16N2O4S3/c1-4-11-20-16-10-9-15(26(3,21)22)12-17(16)25-18(20)19-27(23,24)14-7-5-13(2)6-8-14/h1,5-10,12H,11H2,2-3H3. The quantitative estimate of drug-likeness (QED) is 0.607. The van der Waals surface area contributed by atoms with Crippen LogP contribution < -0.4 is 4.80 Å². The molecule has 0 fully saturated rings. The van der Waals surface area contributed by atoms with Gasteiger partial charge >= 0.3 is 0 Å². The van der Waals surface area contributed by atoms with Gasteiger partial charge in [-0.25, -0.2) is 8.42 Å². The summed E-state index contributed by atoms with van der Waals surface area (Å²) in [6, 6.07) is 11.0. The number of hydrogen-bond donors (Lipinski definition) is 0. The van der Waals surface area contributed by atoms with Gasteiger partial charge in [0.15, 0.2) is 9.84 Å². The molecule has 0 spiro atoms. The molecule has 0 amide bonds. The number of aryl methyl sites for hydroxylation is 1. The number of benzene rings is 2. The Bertz CT molecular complexity index is 1340. The zero-order valence-electron chi connectivity index (χ0n) is 14.6. The minimum atomic E-state index is -3.93. The second-order valence-corrected chi connectivity index (χ2v) is 10.6. The maximum absolute atomic E-state index is 12.7. The molecule has 2 aromatic carbocycles. The van der Waals surface area contributed by atoms with Crippen molar-refractivity contribution < 1.29 is 16.8 Å². The molecule has 0 saturated carbocycles. The topological polar surface area (TPSA) is 85.6 Å². The van der Waals surface area contributed by atoms with E-state index < -0.39 is 19.9 Å². The largest absolute Gasteiger partial charge is 0.304 e. The molecule has 6 nitrogen and oxygen atoms in total. The van der Waals surface area contributed by atoms with Crippen LogP contribution in [0.15, 0.2) is 56.7 Å². The van der Waals surface area contributed by atoms with Gasteiger partial charge in [-0.1, -0.05) is 35.0 Å². The van der Waals surface area contributed by atoms with Crippen LogP contribution in [0.4, 0.5) is 0 Å².